The van der Waals surface area contributed by atoms with Crippen LogP contribution in [0.5, 0.6) is 0 Å². The van der Waals surface area contributed by atoms with E-state index in [-0.39, 0.29) is 15.6 Å². The number of rotatable bonds is 2. The average Bonchev–Trinajstić information content (AvgIpc) is 2.36. The molecular formula is C13H7Cl2FO. The topological polar surface area (TPSA) is 17.1 Å². The summed E-state index contributed by atoms with van der Waals surface area (Å²) in [6.45, 7) is 0. The Hall–Kier alpha value is -1.38. The van der Waals surface area contributed by atoms with Crippen molar-refractivity contribution in [3.8, 4) is 11.1 Å². The minimum Gasteiger partial charge on any atom is -0.298 e. The van der Waals surface area contributed by atoms with E-state index in [2.05, 4.69) is 0 Å². The Kier molecular flexibility index (Phi) is 3.46. The quantitative estimate of drug-likeness (QED) is 0.574. The van der Waals surface area contributed by atoms with Crippen molar-refractivity contribution in [2.75, 3.05) is 0 Å². The third kappa shape index (κ3) is 2.19. The first-order valence-electron chi connectivity index (χ1n) is 4.83. The molecule has 2 aromatic carbocycles. The molecule has 0 N–H and O–H groups in total. The Morgan fingerprint density at radius 1 is 1.12 bits per heavy atom. The monoisotopic (exact) mass is 268 g/mol. The van der Waals surface area contributed by atoms with Crippen molar-refractivity contribution in [3.63, 3.8) is 0 Å². The van der Waals surface area contributed by atoms with Gasteiger partial charge in [-0.1, -0.05) is 53.5 Å². The van der Waals surface area contributed by atoms with Crippen LogP contribution in [-0.4, -0.2) is 6.29 Å². The molecule has 0 bridgehead atoms. The zero-order valence-corrected chi connectivity index (χ0v) is 10.1. The van der Waals surface area contributed by atoms with E-state index >= 15 is 0 Å². The van der Waals surface area contributed by atoms with Gasteiger partial charge in [-0.25, -0.2) is 4.39 Å². The average molecular weight is 269 g/mol. The molecule has 0 saturated carbocycles. The first kappa shape index (κ1) is 12.1. The van der Waals surface area contributed by atoms with Gasteiger partial charge in [0, 0.05) is 5.56 Å². The molecule has 0 saturated heterocycles. The lowest BCUT2D eigenvalue weighted by Gasteiger charge is -2.09. The summed E-state index contributed by atoms with van der Waals surface area (Å²) in [5, 5.41) is -0.342. The maximum atomic E-state index is 13.5. The molecule has 0 aromatic heterocycles. The van der Waals surface area contributed by atoms with Crippen LogP contribution in [0.2, 0.25) is 10.0 Å². The van der Waals surface area contributed by atoms with E-state index in [0.717, 1.165) is 5.56 Å². The summed E-state index contributed by atoms with van der Waals surface area (Å²) in [5.41, 5.74) is 1.40. The molecule has 4 heteroatoms. The fourth-order valence-corrected chi connectivity index (χ4v) is 2.08. The number of carbonyl (C=O) groups excluding carboxylic acids is 1. The van der Waals surface area contributed by atoms with Crippen LogP contribution >= 0.6 is 23.2 Å². The normalized spacial score (nSPS) is 10.3. The molecule has 0 radical (unpaired) electrons. The second-order valence-electron chi connectivity index (χ2n) is 3.43. The van der Waals surface area contributed by atoms with Crippen LogP contribution in [0.15, 0.2) is 36.4 Å². The highest BCUT2D eigenvalue weighted by molar-refractivity contribution is 6.37. The fraction of sp³-hybridized carbons (Fsp3) is 0. The van der Waals surface area contributed by atoms with Crippen molar-refractivity contribution in [1.82, 2.24) is 0 Å². The second-order valence-corrected chi connectivity index (χ2v) is 4.22. The standard InChI is InChI=1S/C13H7Cl2FO/c14-11-6-9(8-4-2-1-3-5-8)10(7-17)12(15)13(11)16/h1-7H. The van der Waals surface area contributed by atoms with E-state index in [9.17, 15) is 9.18 Å². The summed E-state index contributed by atoms with van der Waals surface area (Å²) in [7, 11) is 0. The van der Waals surface area contributed by atoms with Crippen LogP contribution in [0.1, 0.15) is 10.4 Å². The summed E-state index contributed by atoms with van der Waals surface area (Å²) in [5.74, 6) is -0.768. The lowest BCUT2D eigenvalue weighted by Crippen LogP contribution is -1.93. The Morgan fingerprint density at radius 3 is 2.35 bits per heavy atom. The minimum atomic E-state index is -0.768. The lowest BCUT2D eigenvalue weighted by atomic mass is 10.0. The van der Waals surface area contributed by atoms with Gasteiger partial charge in [-0.2, -0.15) is 0 Å². The van der Waals surface area contributed by atoms with E-state index in [4.69, 9.17) is 23.2 Å². The van der Waals surface area contributed by atoms with Gasteiger partial charge in [0.1, 0.15) is 0 Å². The van der Waals surface area contributed by atoms with Crippen molar-refractivity contribution < 1.29 is 9.18 Å². The van der Waals surface area contributed by atoms with Gasteiger partial charge in [0.05, 0.1) is 10.0 Å². The number of aldehydes is 1. The molecule has 0 spiro atoms. The molecule has 1 nitrogen and oxygen atoms in total. The molecule has 17 heavy (non-hydrogen) atoms. The Labute approximate surface area is 108 Å². The van der Waals surface area contributed by atoms with Gasteiger partial charge in [0.25, 0.3) is 0 Å². The maximum absolute atomic E-state index is 13.5. The van der Waals surface area contributed by atoms with Crippen LogP contribution < -0.4 is 0 Å². The summed E-state index contributed by atoms with van der Waals surface area (Å²) >= 11 is 11.5. The predicted molar refractivity (Wildman–Crippen MR) is 67.2 cm³/mol. The van der Waals surface area contributed by atoms with Crippen molar-refractivity contribution in [2.24, 2.45) is 0 Å². The van der Waals surface area contributed by atoms with Gasteiger partial charge in [-0.05, 0) is 17.2 Å². The first-order valence-corrected chi connectivity index (χ1v) is 5.59. The lowest BCUT2D eigenvalue weighted by molar-refractivity contribution is 0.112. The predicted octanol–water partition coefficient (Wildman–Crippen LogP) is 4.61. The van der Waals surface area contributed by atoms with Gasteiger partial charge in [0.2, 0.25) is 0 Å². The maximum Gasteiger partial charge on any atom is 0.161 e. The molecule has 0 unspecified atom stereocenters. The second kappa shape index (κ2) is 4.86. The third-order valence-electron chi connectivity index (χ3n) is 2.40. The zero-order valence-electron chi connectivity index (χ0n) is 8.58. The van der Waals surface area contributed by atoms with Crippen molar-refractivity contribution in [3.05, 3.63) is 57.8 Å². The number of benzene rings is 2. The van der Waals surface area contributed by atoms with Crippen molar-refractivity contribution in [1.29, 1.82) is 0 Å². The zero-order chi connectivity index (χ0) is 12.4. The smallest absolute Gasteiger partial charge is 0.161 e. The van der Waals surface area contributed by atoms with Gasteiger partial charge in [0.15, 0.2) is 12.1 Å². The summed E-state index contributed by atoms with van der Waals surface area (Å²) < 4.78 is 13.5. The van der Waals surface area contributed by atoms with Gasteiger partial charge >= 0.3 is 0 Å². The fourth-order valence-electron chi connectivity index (χ4n) is 1.58. The molecule has 0 atom stereocenters. The molecule has 0 heterocycles. The Bertz CT molecular complexity index is 567. The molecule has 0 aliphatic rings. The van der Waals surface area contributed by atoms with Gasteiger partial charge in [-0.3, -0.25) is 4.79 Å². The van der Waals surface area contributed by atoms with Gasteiger partial charge in [-0.15, -0.1) is 0 Å². The van der Waals surface area contributed by atoms with E-state index < -0.39 is 5.82 Å². The highest BCUT2D eigenvalue weighted by atomic mass is 35.5. The molecular weight excluding hydrogens is 262 g/mol. The number of halogens is 3. The highest BCUT2D eigenvalue weighted by Gasteiger charge is 2.16. The first-order chi connectivity index (χ1) is 8.15. The van der Waals surface area contributed by atoms with E-state index in [0.29, 0.717) is 11.8 Å². The molecule has 2 aromatic rings. The summed E-state index contributed by atoms with van der Waals surface area (Å²) in [6, 6.07) is 10.5. The molecule has 0 aliphatic carbocycles. The largest absolute Gasteiger partial charge is 0.298 e. The molecule has 86 valence electrons. The minimum absolute atomic E-state index is 0.0977. The Morgan fingerprint density at radius 2 is 1.76 bits per heavy atom. The van der Waals surface area contributed by atoms with E-state index in [1.165, 1.54) is 6.07 Å². The van der Waals surface area contributed by atoms with Crippen LogP contribution in [0.3, 0.4) is 0 Å². The molecule has 0 aliphatic heterocycles. The van der Waals surface area contributed by atoms with Gasteiger partial charge < -0.3 is 0 Å². The van der Waals surface area contributed by atoms with Crippen LogP contribution in [0.25, 0.3) is 11.1 Å². The van der Waals surface area contributed by atoms with Crippen LogP contribution in [-0.2, 0) is 0 Å². The molecule has 2 rings (SSSR count). The Balaban J connectivity index is 2.74. The number of hydrogen-bond acceptors (Lipinski definition) is 1. The summed E-state index contributed by atoms with van der Waals surface area (Å²) in [4.78, 5) is 11.0. The van der Waals surface area contributed by atoms with E-state index in [1.54, 1.807) is 12.1 Å². The van der Waals surface area contributed by atoms with Crippen molar-refractivity contribution in [2.45, 2.75) is 0 Å². The highest BCUT2D eigenvalue weighted by Crippen LogP contribution is 2.34. The number of carbonyl (C=O) groups is 1. The van der Waals surface area contributed by atoms with Crippen LogP contribution in [0, 0.1) is 5.82 Å². The molecule has 0 amide bonds. The third-order valence-corrected chi connectivity index (χ3v) is 3.05. The summed E-state index contributed by atoms with van der Waals surface area (Å²) in [6.07, 6.45) is 0.532. The number of hydrogen-bond donors (Lipinski definition) is 0. The van der Waals surface area contributed by atoms with Crippen LogP contribution in [0.4, 0.5) is 4.39 Å². The van der Waals surface area contributed by atoms with Crippen molar-refractivity contribution >= 4 is 29.5 Å². The SMILES string of the molecule is O=Cc1c(-c2ccccc2)cc(Cl)c(F)c1Cl. The molecule has 0 fully saturated rings. The van der Waals surface area contributed by atoms with E-state index in [1.807, 2.05) is 18.2 Å².